The fourth-order valence-corrected chi connectivity index (χ4v) is 2.49. The molecule has 0 saturated carbocycles. The summed E-state index contributed by atoms with van der Waals surface area (Å²) < 4.78 is 0. The van der Waals surface area contributed by atoms with Gasteiger partial charge in [-0.15, -0.1) is 0 Å². The minimum Gasteiger partial charge on any atom is -0.378 e. The monoisotopic (exact) mass is 240 g/mol. The van der Waals surface area contributed by atoms with E-state index in [4.69, 9.17) is 17.3 Å². The lowest BCUT2D eigenvalue weighted by molar-refractivity contribution is -0.117. The van der Waals surface area contributed by atoms with Crippen molar-refractivity contribution in [3.8, 4) is 0 Å². The molecule has 0 fully saturated rings. The maximum atomic E-state index is 11.4. The Morgan fingerprint density at radius 2 is 2.33 bits per heavy atom. The van der Waals surface area contributed by atoms with Gasteiger partial charge in [0.1, 0.15) is 0 Å². The maximum absolute atomic E-state index is 11.4. The van der Waals surface area contributed by atoms with Crippen molar-refractivity contribution in [1.82, 2.24) is 0 Å². The lowest BCUT2D eigenvalue weighted by Gasteiger charge is -2.06. The third kappa shape index (κ3) is 2.52. The van der Waals surface area contributed by atoms with Crippen LogP contribution in [0.5, 0.6) is 0 Å². The number of carbonyl (C=O) groups is 1. The van der Waals surface area contributed by atoms with E-state index in [-0.39, 0.29) is 11.2 Å². The predicted octanol–water partition coefficient (Wildman–Crippen LogP) is 1.84. The van der Waals surface area contributed by atoms with Crippen LogP contribution in [0, 0.1) is 0 Å². The Morgan fingerprint density at radius 1 is 1.53 bits per heavy atom. The topological polar surface area (TPSA) is 55.4 Å². The third-order valence-corrected chi connectivity index (χ3v) is 3.29. The van der Waals surface area contributed by atoms with Crippen molar-refractivity contribution in [3.05, 3.63) is 34.9 Å². The molecule has 1 aromatic carbocycles. The fraction of sp³-hybridized carbons (Fsp3) is 0.200. The molecule has 2 N–H and O–H groups in total. The van der Waals surface area contributed by atoms with Crippen LogP contribution in [0.1, 0.15) is 5.56 Å². The minimum atomic E-state index is -0.191. The van der Waals surface area contributed by atoms with Crippen molar-refractivity contribution in [2.45, 2.75) is 11.7 Å². The van der Waals surface area contributed by atoms with Crippen LogP contribution in [0.3, 0.4) is 0 Å². The molecule has 5 heteroatoms. The molecule has 3 nitrogen and oxygen atoms in total. The summed E-state index contributed by atoms with van der Waals surface area (Å²) in [6.07, 6.45) is 0.619. The van der Waals surface area contributed by atoms with Crippen LogP contribution in [0.4, 0.5) is 0 Å². The highest BCUT2D eigenvalue weighted by Crippen LogP contribution is 2.24. The highest BCUT2D eigenvalue weighted by Gasteiger charge is 2.26. The van der Waals surface area contributed by atoms with E-state index in [1.165, 1.54) is 11.8 Å². The standard InChI is InChI=1S/C10H9ClN2OS/c11-7-3-1-2-6(4-7)5-8-9(14)13-10(12)15-8/h1-4,8H,5H2,(H2,12,13,14)/t8-/m0/s1. The molecule has 0 spiro atoms. The zero-order chi connectivity index (χ0) is 10.8. The van der Waals surface area contributed by atoms with E-state index in [9.17, 15) is 4.79 Å². The van der Waals surface area contributed by atoms with Gasteiger partial charge in [0.15, 0.2) is 5.17 Å². The van der Waals surface area contributed by atoms with Crippen molar-refractivity contribution in [2.24, 2.45) is 10.7 Å². The summed E-state index contributed by atoms with van der Waals surface area (Å²) in [6, 6.07) is 7.46. The molecule has 2 rings (SSSR count). The number of hydrogen-bond donors (Lipinski definition) is 1. The second kappa shape index (κ2) is 4.24. The zero-order valence-electron chi connectivity index (χ0n) is 7.81. The number of aliphatic imine (C=N–C) groups is 1. The zero-order valence-corrected chi connectivity index (χ0v) is 9.39. The van der Waals surface area contributed by atoms with Gasteiger partial charge in [0.25, 0.3) is 5.91 Å². The first-order valence-corrected chi connectivity index (χ1v) is 5.70. The third-order valence-electron chi connectivity index (χ3n) is 2.07. The SMILES string of the molecule is NC1=NC(=O)[C@H](Cc2cccc(Cl)c2)S1. The second-order valence-corrected chi connectivity index (χ2v) is 4.89. The van der Waals surface area contributed by atoms with Gasteiger partial charge in [-0.1, -0.05) is 35.5 Å². The van der Waals surface area contributed by atoms with Crippen molar-refractivity contribution in [1.29, 1.82) is 0 Å². The molecule has 0 aromatic heterocycles. The molecule has 0 radical (unpaired) electrons. The van der Waals surface area contributed by atoms with Gasteiger partial charge in [-0.05, 0) is 24.1 Å². The Morgan fingerprint density at radius 3 is 2.93 bits per heavy atom. The van der Waals surface area contributed by atoms with Gasteiger partial charge in [-0.3, -0.25) is 4.79 Å². The number of amides is 1. The molecular formula is C10H9ClN2OS. The lowest BCUT2D eigenvalue weighted by Crippen LogP contribution is -2.14. The van der Waals surface area contributed by atoms with Gasteiger partial charge < -0.3 is 5.73 Å². The van der Waals surface area contributed by atoms with Crippen LogP contribution in [-0.2, 0) is 11.2 Å². The molecule has 0 unspecified atom stereocenters. The van der Waals surface area contributed by atoms with E-state index in [1.54, 1.807) is 6.07 Å². The highest BCUT2D eigenvalue weighted by molar-refractivity contribution is 8.15. The van der Waals surface area contributed by atoms with E-state index >= 15 is 0 Å². The van der Waals surface area contributed by atoms with Gasteiger partial charge in [0.05, 0.1) is 5.25 Å². The molecular weight excluding hydrogens is 232 g/mol. The fourth-order valence-electron chi connectivity index (χ4n) is 1.41. The molecule has 1 aliphatic rings. The van der Waals surface area contributed by atoms with Crippen molar-refractivity contribution < 1.29 is 4.79 Å². The summed E-state index contributed by atoms with van der Waals surface area (Å²) in [6.45, 7) is 0. The molecule has 0 bridgehead atoms. The predicted molar refractivity (Wildman–Crippen MR) is 63.2 cm³/mol. The summed E-state index contributed by atoms with van der Waals surface area (Å²) in [4.78, 5) is 15.0. The summed E-state index contributed by atoms with van der Waals surface area (Å²) in [7, 11) is 0. The summed E-state index contributed by atoms with van der Waals surface area (Å²) in [5, 5.41) is 0.840. The maximum Gasteiger partial charge on any atom is 0.261 e. The molecule has 1 aliphatic heterocycles. The van der Waals surface area contributed by atoms with Crippen LogP contribution in [0.15, 0.2) is 29.3 Å². The molecule has 0 saturated heterocycles. The number of amidine groups is 1. The van der Waals surface area contributed by atoms with E-state index in [2.05, 4.69) is 4.99 Å². The average molecular weight is 241 g/mol. The highest BCUT2D eigenvalue weighted by atomic mass is 35.5. The Balaban J connectivity index is 2.08. The Hall–Kier alpha value is -1.000. The first kappa shape index (κ1) is 10.5. The van der Waals surface area contributed by atoms with Crippen molar-refractivity contribution >= 4 is 34.4 Å². The number of carbonyl (C=O) groups excluding carboxylic acids is 1. The molecule has 1 heterocycles. The van der Waals surface area contributed by atoms with E-state index in [0.717, 1.165) is 5.56 Å². The number of benzene rings is 1. The van der Waals surface area contributed by atoms with Gasteiger partial charge in [0.2, 0.25) is 0 Å². The van der Waals surface area contributed by atoms with Gasteiger partial charge in [-0.2, -0.15) is 4.99 Å². The van der Waals surface area contributed by atoms with E-state index < -0.39 is 0 Å². The van der Waals surface area contributed by atoms with E-state index in [1.807, 2.05) is 18.2 Å². The van der Waals surface area contributed by atoms with Crippen LogP contribution in [0.25, 0.3) is 0 Å². The second-order valence-electron chi connectivity index (χ2n) is 3.23. The molecule has 1 amide bonds. The molecule has 1 atom stereocenters. The van der Waals surface area contributed by atoms with Gasteiger partial charge >= 0.3 is 0 Å². The normalized spacial score (nSPS) is 20.5. The number of nitrogens with zero attached hydrogens (tertiary/aromatic N) is 1. The average Bonchev–Trinajstić information content (AvgIpc) is 2.45. The van der Waals surface area contributed by atoms with Crippen LogP contribution in [0.2, 0.25) is 5.02 Å². The first-order chi connectivity index (χ1) is 7.15. The Labute approximate surface area is 96.7 Å². The van der Waals surface area contributed by atoms with Gasteiger partial charge in [-0.25, -0.2) is 0 Å². The largest absolute Gasteiger partial charge is 0.378 e. The molecule has 78 valence electrons. The van der Waals surface area contributed by atoms with Crippen molar-refractivity contribution in [3.63, 3.8) is 0 Å². The summed E-state index contributed by atoms with van der Waals surface area (Å²) >= 11 is 7.16. The summed E-state index contributed by atoms with van der Waals surface area (Å²) in [5.41, 5.74) is 6.49. The number of thioether (sulfide) groups is 1. The number of hydrogen-bond acceptors (Lipinski definition) is 3. The van der Waals surface area contributed by atoms with Crippen LogP contribution >= 0.6 is 23.4 Å². The Kier molecular flexibility index (Phi) is 2.98. The first-order valence-electron chi connectivity index (χ1n) is 4.44. The molecule has 15 heavy (non-hydrogen) atoms. The summed E-state index contributed by atoms with van der Waals surface area (Å²) in [5.74, 6) is -0.155. The van der Waals surface area contributed by atoms with Crippen LogP contribution < -0.4 is 5.73 Å². The molecule has 0 aliphatic carbocycles. The number of nitrogens with two attached hydrogens (primary N) is 1. The minimum absolute atomic E-state index is 0.155. The smallest absolute Gasteiger partial charge is 0.261 e. The van der Waals surface area contributed by atoms with Crippen molar-refractivity contribution in [2.75, 3.05) is 0 Å². The van der Waals surface area contributed by atoms with Crippen LogP contribution in [-0.4, -0.2) is 16.3 Å². The molecule has 1 aromatic rings. The number of halogens is 1. The number of rotatable bonds is 2. The van der Waals surface area contributed by atoms with E-state index in [0.29, 0.717) is 16.6 Å². The lowest BCUT2D eigenvalue weighted by atomic mass is 10.1. The quantitative estimate of drug-likeness (QED) is 0.858. The Bertz CT molecular complexity index is 433. The van der Waals surface area contributed by atoms with Gasteiger partial charge in [0, 0.05) is 5.02 Å².